The normalized spacial score (nSPS) is 12.4. The first-order valence-electron chi connectivity index (χ1n) is 5.15. The van der Waals surface area contributed by atoms with E-state index in [0.29, 0.717) is 11.3 Å². The predicted octanol–water partition coefficient (Wildman–Crippen LogP) is 1.85. The highest BCUT2D eigenvalue weighted by molar-refractivity contribution is 5.29. The van der Waals surface area contributed by atoms with Gasteiger partial charge in [0.05, 0.1) is 5.69 Å². The number of rotatable bonds is 3. The molecule has 0 fully saturated rings. The highest BCUT2D eigenvalue weighted by atomic mass is 19.2. The van der Waals surface area contributed by atoms with Gasteiger partial charge < -0.3 is 5.73 Å². The first-order chi connectivity index (χ1) is 8.22. The largest absolute Gasteiger partial charge is 0.329 e. The molecule has 1 atom stereocenters. The molecule has 0 aliphatic heterocycles. The molecule has 2 aromatic rings. The zero-order valence-electron chi connectivity index (χ0n) is 8.98. The van der Waals surface area contributed by atoms with Crippen molar-refractivity contribution < 1.29 is 8.78 Å². The van der Waals surface area contributed by atoms with Gasteiger partial charge in [-0.05, 0) is 29.8 Å². The monoisotopic (exact) mass is 235 g/mol. The fourth-order valence-corrected chi connectivity index (χ4v) is 1.66. The molecule has 0 bridgehead atoms. The molecule has 1 aromatic heterocycles. The SMILES string of the molecule is NCC(c1ccc(F)c(F)c1)c1cccnn1. The Morgan fingerprint density at radius 3 is 2.59 bits per heavy atom. The molecule has 88 valence electrons. The van der Waals surface area contributed by atoms with E-state index in [1.807, 2.05) is 0 Å². The van der Waals surface area contributed by atoms with Crippen LogP contribution < -0.4 is 5.73 Å². The van der Waals surface area contributed by atoms with E-state index in [9.17, 15) is 8.78 Å². The standard InChI is InChI=1S/C12H11F2N3/c13-10-4-3-8(6-11(10)14)9(7-15)12-2-1-5-16-17-12/h1-6,9H,7,15H2. The van der Waals surface area contributed by atoms with Gasteiger partial charge in [0.15, 0.2) is 11.6 Å². The minimum atomic E-state index is -0.884. The van der Waals surface area contributed by atoms with Gasteiger partial charge in [0.25, 0.3) is 0 Å². The molecule has 2 N–H and O–H groups in total. The maximum Gasteiger partial charge on any atom is 0.159 e. The Kier molecular flexibility index (Phi) is 3.39. The number of hydrogen-bond donors (Lipinski definition) is 1. The number of nitrogens with zero attached hydrogens (tertiary/aromatic N) is 2. The Labute approximate surface area is 97.3 Å². The summed E-state index contributed by atoms with van der Waals surface area (Å²) in [5.74, 6) is -2.03. The molecule has 0 spiro atoms. The summed E-state index contributed by atoms with van der Waals surface area (Å²) in [5, 5.41) is 7.68. The minimum absolute atomic E-state index is 0.254. The summed E-state index contributed by atoms with van der Waals surface area (Å²) < 4.78 is 26.0. The smallest absolute Gasteiger partial charge is 0.159 e. The van der Waals surface area contributed by atoms with Crippen molar-refractivity contribution in [3.63, 3.8) is 0 Å². The van der Waals surface area contributed by atoms with Crippen LogP contribution in [0.1, 0.15) is 17.2 Å². The van der Waals surface area contributed by atoms with Gasteiger partial charge in [0.2, 0.25) is 0 Å². The summed E-state index contributed by atoms with van der Waals surface area (Å²) >= 11 is 0. The second-order valence-corrected chi connectivity index (χ2v) is 3.61. The van der Waals surface area contributed by atoms with Crippen molar-refractivity contribution in [2.24, 2.45) is 5.73 Å². The molecule has 0 aliphatic carbocycles. The molecule has 0 amide bonds. The van der Waals surface area contributed by atoms with Gasteiger partial charge in [-0.15, -0.1) is 0 Å². The van der Waals surface area contributed by atoms with Crippen LogP contribution in [0.25, 0.3) is 0 Å². The Bertz CT molecular complexity index is 502. The predicted molar refractivity (Wildman–Crippen MR) is 59.3 cm³/mol. The summed E-state index contributed by atoms with van der Waals surface area (Å²) in [5.41, 5.74) is 6.87. The van der Waals surface area contributed by atoms with Crippen LogP contribution in [0.4, 0.5) is 8.78 Å². The maximum atomic E-state index is 13.1. The second-order valence-electron chi connectivity index (χ2n) is 3.61. The molecule has 1 unspecified atom stereocenters. The van der Waals surface area contributed by atoms with E-state index in [0.717, 1.165) is 12.1 Å². The lowest BCUT2D eigenvalue weighted by atomic mass is 9.95. The van der Waals surface area contributed by atoms with Crippen LogP contribution in [-0.4, -0.2) is 16.7 Å². The van der Waals surface area contributed by atoms with Crippen LogP contribution in [0.3, 0.4) is 0 Å². The zero-order valence-corrected chi connectivity index (χ0v) is 8.98. The van der Waals surface area contributed by atoms with Crippen LogP contribution in [0.5, 0.6) is 0 Å². The molecule has 0 radical (unpaired) electrons. The van der Waals surface area contributed by atoms with Crippen LogP contribution in [0.2, 0.25) is 0 Å². The molecular formula is C12H11F2N3. The highest BCUT2D eigenvalue weighted by Gasteiger charge is 2.15. The van der Waals surface area contributed by atoms with E-state index in [1.165, 1.54) is 6.07 Å². The minimum Gasteiger partial charge on any atom is -0.329 e. The van der Waals surface area contributed by atoms with Gasteiger partial charge in [-0.3, -0.25) is 0 Å². The maximum absolute atomic E-state index is 13.1. The van der Waals surface area contributed by atoms with Gasteiger partial charge in [0.1, 0.15) is 0 Å². The van der Waals surface area contributed by atoms with Crippen LogP contribution >= 0.6 is 0 Å². The van der Waals surface area contributed by atoms with Crippen molar-refractivity contribution >= 4 is 0 Å². The van der Waals surface area contributed by atoms with Crippen molar-refractivity contribution in [2.75, 3.05) is 6.54 Å². The fourth-order valence-electron chi connectivity index (χ4n) is 1.66. The van der Waals surface area contributed by atoms with E-state index < -0.39 is 11.6 Å². The number of halogens is 2. The Morgan fingerprint density at radius 2 is 2.00 bits per heavy atom. The molecule has 17 heavy (non-hydrogen) atoms. The lowest BCUT2D eigenvalue weighted by Gasteiger charge is -2.14. The van der Waals surface area contributed by atoms with E-state index >= 15 is 0 Å². The Hall–Kier alpha value is -1.88. The van der Waals surface area contributed by atoms with Crippen LogP contribution in [0, 0.1) is 11.6 Å². The summed E-state index contributed by atoms with van der Waals surface area (Å²) in [4.78, 5) is 0. The second kappa shape index (κ2) is 4.97. The molecule has 3 nitrogen and oxygen atoms in total. The van der Waals surface area contributed by atoms with E-state index in [4.69, 9.17) is 5.73 Å². The summed E-state index contributed by atoms with van der Waals surface area (Å²) in [7, 11) is 0. The molecule has 1 heterocycles. The van der Waals surface area contributed by atoms with Gasteiger partial charge in [0, 0.05) is 18.7 Å². The number of benzene rings is 1. The average Bonchev–Trinajstić information content (AvgIpc) is 2.36. The lowest BCUT2D eigenvalue weighted by Crippen LogP contribution is -2.15. The van der Waals surface area contributed by atoms with Crippen molar-refractivity contribution in [1.29, 1.82) is 0 Å². The third-order valence-corrected chi connectivity index (χ3v) is 2.53. The molecule has 0 saturated heterocycles. The first-order valence-corrected chi connectivity index (χ1v) is 5.15. The van der Waals surface area contributed by atoms with Crippen LogP contribution in [0.15, 0.2) is 36.5 Å². The summed E-state index contributed by atoms with van der Waals surface area (Å²) in [6.07, 6.45) is 1.54. The van der Waals surface area contributed by atoms with E-state index in [1.54, 1.807) is 18.3 Å². The number of hydrogen-bond acceptors (Lipinski definition) is 3. The quantitative estimate of drug-likeness (QED) is 0.883. The summed E-state index contributed by atoms with van der Waals surface area (Å²) in [6.45, 7) is 0.254. The topological polar surface area (TPSA) is 51.8 Å². The zero-order chi connectivity index (χ0) is 12.3. The van der Waals surface area contributed by atoms with Crippen molar-refractivity contribution in [3.05, 3.63) is 59.4 Å². The third kappa shape index (κ3) is 2.45. The van der Waals surface area contributed by atoms with E-state index in [2.05, 4.69) is 10.2 Å². The summed E-state index contributed by atoms with van der Waals surface area (Å²) in [6, 6.07) is 7.21. The molecule has 0 aliphatic rings. The fraction of sp³-hybridized carbons (Fsp3) is 0.167. The molecule has 1 aromatic carbocycles. The lowest BCUT2D eigenvalue weighted by molar-refractivity contribution is 0.506. The van der Waals surface area contributed by atoms with Gasteiger partial charge in [-0.25, -0.2) is 8.78 Å². The van der Waals surface area contributed by atoms with E-state index in [-0.39, 0.29) is 12.5 Å². The molecular weight excluding hydrogens is 224 g/mol. The van der Waals surface area contributed by atoms with Gasteiger partial charge >= 0.3 is 0 Å². The number of aromatic nitrogens is 2. The van der Waals surface area contributed by atoms with Crippen molar-refractivity contribution in [3.8, 4) is 0 Å². The molecule has 5 heteroatoms. The Morgan fingerprint density at radius 1 is 1.18 bits per heavy atom. The highest BCUT2D eigenvalue weighted by Crippen LogP contribution is 2.22. The third-order valence-electron chi connectivity index (χ3n) is 2.53. The average molecular weight is 235 g/mol. The van der Waals surface area contributed by atoms with Gasteiger partial charge in [-0.2, -0.15) is 10.2 Å². The van der Waals surface area contributed by atoms with Gasteiger partial charge in [-0.1, -0.05) is 6.07 Å². The molecule has 0 saturated carbocycles. The van der Waals surface area contributed by atoms with Crippen LogP contribution in [-0.2, 0) is 0 Å². The first kappa shape index (κ1) is 11.6. The molecule has 2 rings (SSSR count). The van der Waals surface area contributed by atoms with Crippen molar-refractivity contribution in [1.82, 2.24) is 10.2 Å². The van der Waals surface area contributed by atoms with Crippen molar-refractivity contribution in [2.45, 2.75) is 5.92 Å². The number of nitrogens with two attached hydrogens (primary N) is 1. The Balaban J connectivity index is 2.39.